The van der Waals surface area contributed by atoms with Crippen LogP contribution < -0.4 is 0 Å². The quantitative estimate of drug-likeness (QED) is 0.638. The zero-order chi connectivity index (χ0) is 18.3. The highest BCUT2D eigenvalue weighted by Crippen LogP contribution is 2.38. The molecule has 0 radical (unpaired) electrons. The summed E-state index contributed by atoms with van der Waals surface area (Å²) >= 11 is 0. The summed E-state index contributed by atoms with van der Waals surface area (Å²) in [6.45, 7) is 12.7. The van der Waals surface area contributed by atoms with Crippen molar-refractivity contribution < 1.29 is 5.11 Å². The van der Waals surface area contributed by atoms with Crippen molar-refractivity contribution in [2.75, 3.05) is 0 Å². The standard InChI is InChI=1S/C21H28N2O/c1-20(2,3)15-11-14(19(24)16(12-15)21(4,5)6)10-13-8-7-9-17(22)18(13)23/h7,9-12,22-24H,8H2,1-6H3. The van der Waals surface area contributed by atoms with Crippen molar-refractivity contribution >= 4 is 17.5 Å². The van der Waals surface area contributed by atoms with Gasteiger partial charge in [-0.2, -0.15) is 0 Å². The summed E-state index contributed by atoms with van der Waals surface area (Å²) in [5.74, 6) is 0.275. The van der Waals surface area contributed by atoms with E-state index in [1.165, 1.54) is 0 Å². The molecule has 0 heterocycles. The Kier molecular flexibility index (Phi) is 4.58. The summed E-state index contributed by atoms with van der Waals surface area (Å²) in [7, 11) is 0. The van der Waals surface area contributed by atoms with E-state index in [-0.39, 0.29) is 28.0 Å². The molecular weight excluding hydrogens is 296 g/mol. The average Bonchev–Trinajstić information content (AvgIpc) is 2.43. The van der Waals surface area contributed by atoms with E-state index < -0.39 is 0 Å². The molecule has 0 aromatic heterocycles. The number of rotatable bonds is 1. The largest absolute Gasteiger partial charge is 0.507 e. The highest BCUT2D eigenvalue weighted by molar-refractivity contribution is 6.51. The number of aromatic hydroxyl groups is 1. The number of allylic oxidation sites excluding steroid dienone is 3. The maximum absolute atomic E-state index is 10.8. The van der Waals surface area contributed by atoms with Gasteiger partial charge in [-0.25, -0.2) is 0 Å². The Morgan fingerprint density at radius 3 is 2.17 bits per heavy atom. The van der Waals surface area contributed by atoms with Crippen LogP contribution in [0.1, 0.15) is 64.7 Å². The molecule has 24 heavy (non-hydrogen) atoms. The lowest BCUT2D eigenvalue weighted by Gasteiger charge is -2.27. The molecule has 0 spiro atoms. The molecule has 3 nitrogen and oxygen atoms in total. The third kappa shape index (κ3) is 3.66. The van der Waals surface area contributed by atoms with E-state index in [0.717, 1.165) is 22.3 Å². The third-order valence-electron chi connectivity index (χ3n) is 4.36. The molecule has 0 amide bonds. The topological polar surface area (TPSA) is 67.9 Å². The van der Waals surface area contributed by atoms with Gasteiger partial charge < -0.3 is 5.11 Å². The molecule has 1 aliphatic rings. The lowest BCUT2D eigenvalue weighted by atomic mass is 9.78. The van der Waals surface area contributed by atoms with E-state index in [2.05, 4.69) is 47.6 Å². The van der Waals surface area contributed by atoms with Crippen molar-refractivity contribution in [1.82, 2.24) is 0 Å². The van der Waals surface area contributed by atoms with Crippen LogP contribution in [-0.2, 0) is 10.8 Å². The number of benzene rings is 1. The smallest absolute Gasteiger partial charge is 0.126 e. The molecule has 3 heteroatoms. The first-order valence-electron chi connectivity index (χ1n) is 8.34. The van der Waals surface area contributed by atoms with Gasteiger partial charge in [-0.05, 0) is 46.6 Å². The van der Waals surface area contributed by atoms with Gasteiger partial charge in [-0.15, -0.1) is 0 Å². The van der Waals surface area contributed by atoms with Gasteiger partial charge in [-0.3, -0.25) is 10.8 Å². The molecule has 3 N–H and O–H groups in total. The lowest BCUT2D eigenvalue weighted by molar-refractivity contribution is 0.443. The minimum atomic E-state index is -0.175. The average molecular weight is 324 g/mol. The second kappa shape index (κ2) is 6.04. The van der Waals surface area contributed by atoms with Crippen LogP contribution in [0.2, 0.25) is 0 Å². The van der Waals surface area contributed by atoms with E-state index in [9.17, 15) is 5.11 Å². The van der Waals surface area contributed by atoms with Crippen molar-refractivity contribution in [3.8, 4) is 5.75 Å². The Balaban J connectivity index is 2.68. The molecule has 128 valence electrons. The van der Waals surface area contributed by atoms with Gasteiger partial charge in [-0.1, -0.05) is 53.7 Å². The third-order valence-corrected chi connectivity index (χ3v) is 4.36. The predicted octanol–water partition coefficient (Wildman–Crippen LogP) is 5.37. The first kappa shape index (κ1) is 18.2. The summed E-state index contributed by atoms with van der Waals surface area (Å²) in [6.07, 6.45) is 6.03. The number of phenols is 1. The Labute approximate surface area is 145 Å². The van der Waals surface area contributed by atoms with Crippen molar-refractivity contribution in [2.24, 2.45) is 0 Å². The zero-order valence-corrected chi connectivity index (χ0v) is 15.5. The second-order valence-corrected chi connectivity index (χ2v) is 8.53. The molecule has 1 aromatic rings. The normalized spacial score (nSPS) is 17.7. The van der Waals surface area contributed by atoms with Crippen molar-refractivity contribution in [3.63, 3.8) is 0 Å². The molecular formula is C21H28N2O. The van der Waals surface area contributed by atoms with Gasteiger partial charge in [0.05, 0.1) is 11.4 Å². The zero-order valence-electron chi connectivity index (χ0n) is 15.5. The fraction of sp³-hybridized carbons (Fsp3) is 0.429. The number of phenolic OH excluding ortho intramolecular Hbond substituents is 1. The second-order valence-electron chi connectivity index (χ2n) is 8.53. The molecule has 1 aromatic carbocycles. The first-order chi connectivity index (χ1) is 10.9. The molecule has 0 fully saturated rings. The molecule has 0 aliphatic heterocycles. The summed E-state index contributed by atoms with van der Waals surface area (Å²) in [4.78, 5) is 0. The van der Waals surface area contributed by atoms with Crippen LogP contribution in [0.15, 0.2) is 29.9 Å². The van der Waals surface area contributed by atoms with Crippen molar-refractivity contribution in [1.29, 1.82) is 10.8 Å². The van der Waals surface area contributed by atoms with Crippen LogP contribution in [0.25, 0.3) is 6.08 Å². The summed E-state index contributed by atoms with van der Waals surface area (Å²) in [5, 5.41) is 26.7. The molecule has 2 rings (SSSR count). The van der Waals surface area contributed by atoms with Gasteiger partial charge in [0.15, 0.2) is 0 Å². The van der Waals surface area contributed by atoms with E-state index in [0.29, 0.717) is 6.42 Å². The van der Waals surface area contributed by atoms with Gasteiger partial charge in [0.25, 0.3) is 0 Å². The Morgan fingerprint density at radius 2 is 1.62 bits per heavy atom. The van der Waals surface area contributed by atoms with Crippen LogP contribution >= 0.6 is 0 Å². The van der Waals surface area contributed by atoms with Crippen LogP contribution in [0.5, 0.6) is 5.75 Å². The predicted molar refractivity (Wildman–Crippen MR) is 103 cm³/mol. The Hall–Kier alpha value is -2.16. The van der Waals surface area contributed by atoms with Crippen LogP contribution in [-0.4, -0.2) is 16.5 Å². The van der Waals surface area contributed by atoms with Crippen molar-refractivity contribution in [2.45, 2.75) is 58.8 Å². The van der Waals surface area contributed by atoms with Gasteiger partial charge >= 0.3 is 0 Å². The summed E-state index contributed by atoms with van der Waals surface area (Å²) < 4.78 is 0. The van der Waals surface area contributed by atoms with Crippen LogP contribution in [0, 0.1) is 10.8 Å². The van der Waals surface area contributed by atoms with E-state index in [1.54, 1.807) is 6.08 Å². The first-order valence-corrected chi connectivity index (χ1v) is 8.34. The molecule has 0 bridgehead atoms. The van der Waals surface area contributed by atoms with Gasteiger partial charge in [0, 0.05) is 11.1 Å². The van der Waals surface area contributed by atoms with E-state index >= 15 is 0 Å². The minimum absolute atomic E-state index is 0.0341. The molecule has 0 saturated heterocycles. The highest BCUT2D eigenvalue weighted by Gasteiger charge is 2.25. The van der Waals surface area contributed by atoms with E-state index in [4.69, 9.17) is 10.8 Å². The molecule has 1 aliphatic carbocycles. The summed E-state index contributed by atoms with van der Waals surface area (Å²) in [6, 6.07) is 4.10. The Morgan fingerprint density at radius 1 is 1.00 bits per heavy atom. The Bertz CT molecular complexity index is 753. The highest BCUT2D eigenvalue weighted by atomic mass is 16.3. The SMILES string of the molecule is CC(C)(C)c1cc(C=C2CC=CC(=N)C2=N)c(O)c(C(C)(C)C)c1. The fourth-order valence-electron chi connectivity index (χ4n) is 2.75. The minimum Gasteiger partial charge on any atom is -0.507 e. The number of hydrogen-bond acceptors (Lipinski definition) is 3. The lowest BCUT2D eigenvalue weighted by Crippen LogP contribution is -2.18. The maximum Gasteiger partial charge on any atom is 0.126 e. The maximum atomic E-state index is 10.8. The van der Waals surface area contributed by atoms with Crippen LogP contribution in [0.4, 0.5) is 0 Å². The summed E-state index contributed by atoms with van der Waals surface area (Å²) in [5.41, 5.74) is 3.81. The van der Waals surface area contributed by atoms with Gasteiger partial charge in [0.2, 0.25) is 0 Å². The molecule has 0 atom stereocenters. The monoisotopic (exact) mass is 324 g/mol. The fourth-order valence-corrected chi connectivity index (χ4v) is 2.75. The van der Waals surface area contributed by atoms with E-state index in [1.807, 2.05) is 18.2 Å². The number of hydrogen-bond donors (Lipinski definition) is 3. The number of nitrogens with one attached hydrogen (secondary N) is 2. The van der Waals surface area contributed by atoms with Crippen LogP contribution in [0.3, 0.4) is 0 Å². The van der Waals surface area contributed by atoms with Crippen molar-refractivity contribution in [3.05, 3.63) is 46.5 Å². The van der Waals surface area contributed by atoms with Gasteiger partial charge in [0.1, 0.15) is 5.75 Å². The molecule has 0 unspecified atom stereocenters. The molecule has 0 saturated carbocycles.